The van der Waals surface area contributed by atoms with E-state index in [0.29, 0.717) is 18.1 Å². The van der Waals surface area contributed by atoms with Gasteiger partial charge in [-0.1, -0.05) is 20.3 Å². The molecule has 0 bridgehead atoms. The molecular weight excluding hydrogens is 214 g/mol. The summed E-state index contributed by atoms with van der Waals surface area (Å²) in [5.41, 5.74) is 0. The van der Waals surface area contributed by atoms with Crippen LogP contribution in [0.15, 0.2) is 0 Å². The van der Waals surface area contributed by atoms with Gasteiger partial charge in [0.15, 0.2) is 0 Å². The third-order valence-corrected chi connectivity index (χ3v) is 3.35. The quantitative estimate of drug-likeness (QED) is 0.592. The lowest BCUT2D eigenvalue weighted by Gasteiger charge is -2.13. The zero-order valence-corrected chi connectivity index (χ0v) is 10.0. The highest BCUT2D eigenvalue weighted by atomic mass is 32.2. The summed E-state index contributed by atoms with van der Waals surface area (Å²) < 4.78 is 0. The van der Waals surface area contributed by atoms with Gasteiger partial charge in [-0.3, -0.25) is 4.79 Å². The Morgan fingerprint density at radius 1 is 1.53 bits per heavy atom. The first kappa shape index (κ1) is 14.3. The lowest BCUT2D eigenvalue weighted by Crippen LogP contribution is -2.36. The smallest absolute Gasteiger partial charge is 0.326 e. The zero-order valence-electron chi connectivity index (χ0n) is 9.23. The number of hydrogen-bond donors (Lipinski definition) is 2. The predicted molar refractivity (Wildman–Crippen MR) is 62.1 cm³/mol. The number of rotatable bonds is 9. The first-order valence-corrected chi connectivity index (χ1v) is 6.20. The summed E-state index contributed by atoms with van der Waals surface area (Å²) in [6.45, 7) is 4.27. The minimum absolute atomic E-state index is 0.443. The van der Waals surface area contributed by atoms with E-state index in [0.717, 1.165) is 18.6 Å². The molecule has 0 aliphatic carbocycles. The average Bonchev–Trinajstić information content (AvgIpc) is 2.16. The molecule has 2 atom stereocenters. The fraction of sp³-hybridized carbons (Fsp3) is 0.800. The van der Waals surface area contributed by atoms with Crippen LogP contribution in [0.2, 0.25) is 0 Å². The molecule has 4 nitrogen and oxygen atoms in total. The number of thioether (sulfide) groups is 1. The summed E-state index contributed by atoms with van der Waals surface area (Å²) in [5.74, 6) is -0.204. The van der Waals surface area contributed by atoms with Crippen molar-refractivity contribution in [2.75, 3.05) is 5.75 Å². The Balaban J connectivity index is 3.70. The van der Waals surface area contributed by atoms with Crippen molar-refractivity contribution in [2.45, 2.75) is 44.4 Å². The molecule has 0 saturated heterocycles. The van der Waals surface area contributed by atoms with Crippen molar-refractivity contribution >= 4 is 24.1 Å². The number of carbonyl (C=O) groups excluding carboxylic acids is 1. The summed E-state index contributed by atoms with van der Waals surface area (Å²) >= 11 is 1.75. The molecule has 0 aromatic carbocycles. The van der Waals surface area contributed by atoms with Gasteiger partial charge in [0.25, 0.3) is 0 Å². The van der Waals surface area contributed by atoms with Gasteiger partial charge in [0, 0.05) is 5.25 Å². The first-order valence-electron chi connectivity index (χ1n) is 5.15. The zero-order chi connectivity index (χ0) is 11.7. The lowest BCUT2D eigenvalue weighted by molar-refractivity contribution is -0.140. The van der Waals surface area contributed by atoms with Crippen molar-refractivity contribution in [3.05, 3.63) is 0 Å². The van der Waals surface area contributed by atoms with E-state index in [9.17, 15) is 9.59 Å². The number of hydrogen-bond acceptors (Lipinski definition) is 3. The normalized spacial score (nSPS) is 14.3. The number of carboxylic acids is 1. The minimum Gasteiger partial charge on any atom is -0.480 e. The number of carboxylic acid groups (broad SMARTS) is 1. The van der Waals surface area contributed by atoms with Gasteiger partial charge in [0.2, 0.25) is 6.41 Å². The molecule has 0 aliphatic heterocycles. The van der Waals surface area contributed by atoms with Gasteiger partial charge in [-0.05, 0) is 18.6 Å². The highest BCUT2D eigenvalue weighted by molar-refractivity contribution is 7.99. The Hall–Kier alpha value is -0.710. The fourth-order valence-electron chi connectivity index (χ4n) is 1.24. The number of nitrogens with one attached hydrogen (secondary N) is 1. The summed E-state index contributed by atoms with van der Waals surface area (Å²) in [6, 6.07) is -0.746. The number of carbonyl (C=O) groups is 2. The Morgan fingerprint density at radius 3 is 2.67 bits per heavy atom. The molecule has 0 saturated carbocycles. The molecule has 15 heavy (non-hydrogen) atoms. The van der Waals surface area contributed by atoms with Crippen LogP contribution in [0.3, 0.4) is 0 Å². The van der Waals surface area contributed by atoms with Gasteiger partial charge in [-0.25, -0.2) is 4.79 Å². The summed E-state index contributed by atoms with van der Waals surface area (Å²) in [5, 5.41) is 11.6. The van der Waals surface area contributed by atoms with E-state index in [-0.39, 0.29) is 0 Å². The van der Waals surface area contributed by atoms with Crippen LogP contribution in [0.25, 0.3) is 0 Å². The highest BCUT2D eigenvalue weighted by Gasteiger charge is 2.15. The molecule has 0 radical (unpaired) electrons. The molecule has 2 N–H and O–H groups in total. The van der Waals surface area contributed by atoms with Crippen LogP contribution in [-0.4, -0.2) is 34.5 Å². The van der Waals surface area contributed by atoms with Crippen molar-refractivity contribution in [1.29, 1.82) is 0 Å². The van der Waals surface area contributed by atoms with Crippen LogP contribution < -0.4 is 5.32 Å². The Morgan fingerprint density at radius 2 is 2.20 bits per heavy atom. The van der Waals surface area contributed by atoms with Crippen LogP contribution in [0, 0.1) is 0 Å². The average molecular weight is 233 g/mol. The Labute approximate surface area is 94.8 Å². The third kappa shape index (κ3) is 7.25. The lowest BCUT2D eigenvalue weighted by atomic mass is 10.2. The van der Waals surface area contributed by atoms with E-state index >= 15 is 0 Å². The summed E-state index contributed by atoms with van der Waals surface area (Å²) in [7, 11) is 0. The van der Waals surface area contributed by atoms with Crippen LogP contribution >= 0.6 is 11.8 Å². The maximum Gasteiger partial charge on any atom is 0.326 e. The van der Waals surface area contributed by atoms with E-state index in [1.165, 1.54) is 0 Å². The third-order valence-electron chi connectivity index (χ3n) is 2.07. The molecule has 0 aromatic rings. The number of aliphatic carboxylic acids is 1. The first-order chi connectivity index (χ1) is 7.11. The van der Waals surface area contributed by atoms with Gasteiger partial charge in [0.05, 0.1) is 0 Å². The van der Waals surface area contributed by atoms with Crippen molar-refractivity contribution in [3.63, 3.8) is 0 Å². The summed E-state index contributed by atoms with van der Waals surface area (Å²) in [6.07, 6.45) is 3.21. The monoisotopic (exact) mass is 233 g/mol. The second kappa shape index (κ2) is 8.59. The highest BCUT2D eigenvalue weighted by Crippen LogP contribution is 2.17. The second-order valence-corrected chi connectivity index (χ2v) is 4.98. The van der Waals surface area contributed by atoms with Crippen LogP contribution in [0.5, 0.6) is 0 Å². The van der Waals surface area contributed by atoms with Crippen molar-refractivity contribution in [1.82, 2.24) is 5.32 Å². The predicted octanol–water partition coefficient (Wildman–Crippen LogP) is 1.50. The SMILES string of the molecule is CCCC(C)SCCC(NC=O)C(=O)O. The van der Waals surface area contributed by atoms with Crippen LogP contribution in [0.4, 0.5) is 0 Å². The molecule has 0 spiro atoms. The van der Waals surface area contributed by atoms with Gasteiger partial charge < -0.3 is 10.4 Å². The van der Waals surface area contributed by atoms with E-state index in [1.54, 1.807) is 11.8 Å². The van der Waals surface area contributed by atoms with Gasteiger partial charge in [0.1, 0.15) is 6.04 Å². The van der Waals surface area contributed by atoms with Crippen molar-refractivity contribution in [2.24, 2.45) is 0 Å². The topological polar surface area (TPSA) is 66.4 Å². The molecule has 0 aliphatic rings. The largest absolute Gasteiger partial charge is 0.480 e. The molecule has 0 fully saturated rings. The van der Waals surface area contributed by atoms with E-state index in [2.05, 4.69) is 19.2 Å². The van der Waals surface area contributed by atoms with E-state index in [4.69, 9.17) is 5.11 Å². The molecule has 5 heteroatoms. The van der Waals surface area contributed by atoms with E-state index < -0.39 is 12.0 Å². The van der Waals surface area contributed by atoms with Crippen LogP contribution in [-0.2, 0) is 9.59 Å². The van der Waals surface area contributed by atoms with E-state index in [1.807, 2.05) is 0 Å². The van der Waals surface area contributed by atoms with Gasteiger partial charge >= 0.3 is 5.97 Å². The standard InChI is InChI=1S/C10H19NO3S/c1-3-4-8(2)15-6-5-9(10(13)14)11-7-12/h7-9H,3-6H2,1-2H3,(H,11,12)(H,13,14). The fourth-order valence-corrected chi connectivity index (χ4v) is 2.41. The molecule has 2 unspecified atom stereocenters. The minimum atomic E-state index is -0.967. The van der Waals surface area contributed by atoms with Crippen LogP contribution in [0.1, 0.15) is 33.1 Å². The second-order valence-electron chi connectivity index (χ2n) is 3.43. The molecule has 0 aromatic heterocycles. The van der Waals surface area contributed by atoms with Gasteiger partial charge in [-0.2, -0.15) is 11.8 Å². The Bertz CT molecular complexity index is 199. The molecule has 0 heterocycles. The maximum atomic E-state index is 10.7. The number of amides is 1. The van der Waals surface area contributed by atoms with Crippen molar-refractivity contribution < 1.29 is 14.7 Å². The molecule has 1 amide bonds. The van der Waals surface area contributed by atoms with Crippen molar-refractivity contribution in [3.8, 4) is 0 Å². The molecule has 88 valence electrons. The summed E-state index contributed by atoms with van der Waals surface area (Å²) in [4.78, 5) is 20.8. The molecule has 0 rings (SSSR count). The Kier molecular flexibility index (Phi) is 8.18. The van der Waals surface area contributed by atoms with Gasteiger partial charge in [-0.15, -0.1) is 0 Å². The molecular formula is C10H19NO3S. The maximum absolute atomic E-state index is 10.7.